The monoisotopic (exact) mass is 958 g/mol. The molecule has 4 heterocycles. The third-order valence-electron chi connectivity index (χ3n) is 13.9. The van der Waals surface area contributed by atoms with Crippen molar-refractivity contribution in [1.29, 1.82) is 0 Å². The average molecular weight is 959 g/mol. The van der Waals surface area contributed by atoms with E-state index >= 15 is 0 Å². The summed E-state index contributed by atoms with van der Waals surface area (Å²) in [5.74, 6) is 1.23. The van der Waals surface area contributed by atoms with Gasteiger partial charge in [0.25, 0.3) is 0 Å². The molecule has 338 valence electrons. The molecule has 8 heteroatoms. The van der Waals surface area contributed by atoms with Crippen molar-refractivity contribution in [2.45, 2.75) is 0 Å². The molecule has 0 bridgehead atoms. The molecule has 0 radical (unpaired) electrons. The largest absolute Gasteiger partial charge is 0.436 e. The predicted octanol–water partition coefficient (Wildman–Crippen LogP) is 19.3. The molecule has 11 aromatic carbocycles. The number of oxazole rings is 2. The Hall–Kier alpha value is -9.08. The van der Waals surface area contributed by atoms with Crippen molar-refractivity contribution in [1.82, 2.24) is 9.97 Å². The molecular formula is C64H38N4O2S2. The van der Waals surface area contributed by atoms with E-state index in [-0.39, 0.29) is 0 Å². The minimum Gasteiger partial charge on any atom is -0.436 e. The summed E-state index contributed by atoms with van der Waals surface area (Å²) >= 11 is 3.71. The molecule has 0 atom stereocenters. The van der Waals surface area contributed by atoms with Crippen molar-refractivity contribution >= 4 is 141 Å². The highest BCUT2D eigenvalue weighted by atomic mass is 32.1. The van der Waals surface area contributed by atoms with Gasteiger partial charge in [-0.1, -0.05) is 97.1 Å². The third-order valence-corrected chi connectivity index (χ3v) is 16.1. The van der Waals surface area contributed by atoms with E-state index < -0.39 is 0 Å². The maximum absolute atomic E-state index is 6.15. The van der Waals surface area contributed by atoms with Crippen LogP contribution >= 0.6 is 22.7 Å². The number of para-hydroxylation sites is 4. The van der Waals surface area contributed by atoms with Crippen LogP contribution in [0.15, 0.2) is 239 Å². The fraction of sp³-hybridized carbons (Fsp3) is 0. The molecule has 0 N–H and O–H groups in total. The first-order chi connectivity index (χ1) is 35.6. The van der Waals surface area contributed by atoms with Crippen molar-refractivity contribution in [2.24, 2.45) is 0 Å². The van der Waals surface area contributed by atoms with E-state index in [1.165, 1.54) is 61.9 Å². The molecule has 0 amide bonds. The second-order valence-electron chi connectivity index (χ2n) is 18.2. The number of rotatable bonds is 8. The lowest BCUT2D eigenvalue weighted by Crippen LogP contribution is -2.09. The fourth-order valence-electron chi connectivity index (χ4n) is 10.3. The molecule has 15 aromatic rings. The molecule has 0 saturated carbocycles. The Bertz CT molecular complexity index is 4240. The van der Waals surface area contributed by atoms with Gasteiger partial charge in [-0.25, -0.2) is 9.97 Å². The predicted molar refractivity (Wildman–Crippen MR) is 303 cm³/mol. The van der Waals surface area contributed by atoms with Crippen LogP contribution in [0.2, 0.25) is 0 Å². The van der Waals surface area contributed by atoms with Crippen LogP contribution in [-0.4, -0.2) is 9.97 Å². The van der Waals surface area contributed by atoms with Crippen molar-refractivity contribution in [3.63, 3.8) is 0 Å². The Balaban J connectivity index is 0.806. The molecule has 6 nitrogen and oxygen atoms in total. The van der Waals surface area contributed by atoms with Crippen LogP contribution in [-0.2, 0) is 0 Å². The smallest absolute Gasteiger partial charge is 0.227 e. The van der Waals surface area contributed by atoms with E-state index in [1.807, 2.05) is 71.2 Å². The van der Waals surface area contributed by atoms with Crippen molar-refractivity contribution in [2.75, 3.05) is 9.80 Å². The van der Waals surface area contributed by atoms with E-state index in [1.54, 1.807) is 0 Å². The average Bonchev–Trinajstić information content (AvgIpc) is 4.23. The molecule has 0 saturated heterocycles. The number of hydrogen-bond acceptors (Lipinski definition) is 8. The summed E-state index contributed by atoms with van der Waals surface area (Å²) < 4.78 is 17.3. The fourth-order valence-corrected chi connectivity index (χ4v) is 12.6. The van der Waals surface area contributed by atoms with Gasteiger partial charge in [-0.3, -0.25) is 0 Å². The number of anilines is 6. The summed E-state index contributed by atoms with van der Waals surface area (Å²) in [6, 6.07) is 82.0. The number of aromatic nitrogens is 2. The van der Waals surface area contributed by atoms with E-state index in [9.17, 15) is 0 Å². The molecule has 0 aliphatic carbocycles. The lowest BCUT2D eigenvalue weighted by molar-refractivity contribution is 0.619. The van der Waals surface area contributed by atoms with Crippen LogP contribution in [0.3, 0.4) is 0 Å². The molecule has 4 aromatic heterocycles. The first-order valence-corrected chi connectivity index (χ1v) is 25.6. The van der Waals surface area contributed by atoms with Gasteiger partial charge in [0.1, 0.15) is 11.0 Å². The topological polar surface area (TPSA) is 58.5 Å². The summed E-state index contributed by atoms with van der Waals surface area (Å²) in [5.41, 5.74) is 11.6. The second kappa shape index (κ2) is 16.2. The van der Waals surface area contributed by atoms with Crippen LogP contribution in [0, 0.1) is 0 Å². The molecule has 72 heavy (non-hydrogen) atoms. The Kier molecular flexibility index (Phi) is 9.20. The Morgan fingerprint density at radius 3 is 1.10 bits per heavy atom. The summed E-state index contributed by atoms with van der Waals surface area (Å²) in [7, 11) is 0. The molecular weight excluding hydrogens is 921 g/mol. The molecule has 0 aliphatic rings. The zero-order chi connectivity index (χ0) is 47.3. The van der Waals surface area contributed by atoms with E-state index in [0.717, 1.165) is 67.5 Å². The summed E-state index contributed by atoms with van der Waals surface area (Å²) in [6.45, 7) is 0. The number of benzene rings is 11. The molecule has 15 rings (SSSR count). The minimum atomic E-state index is 0.614. The quantitative estimate of drug-likeness (QED) is 0.151. The van der Waals surface area contributed by atoms with Crippen LogP contribution in [0.5, 0.6) is 0 Å². The lowest BCUT2D eigenvalue weighted by atomic mass is 10.1. The van der Waals surface area contributed by atoms with E-state index in [4.69, 9.17) is 18.8 Å². The first kappa shape index (κ1) is 40.8. The molecule has 0 fully saturated rings. The van der Waals surface area contributed by atoms with Gasteiger partial charge in [0, 0.05) is 85.6 Å². The number of hydrogen-bond donors (Lipinski definition) is 0. The van der Waals surface area contributed by atoms with Gasteiger partial charge in [-0.05, 0) is 155 Å². The van der Waals surface area contributed by atoms with Gasteiger partial charge in [-0.15, -0.1) is 22.7 Å². The Labute approximate surface area is 420 Å². The third kappa shape index (κ3) is 6.83. The number of thiophene rings is 2. The van der Waals surface area contributed by atoms with Gasteiger partial charge < -0.3 is 18.6 Å². The maximum atomic E-state index is 6.15. The van der Waals surface area contributed by atoms with Crippen LogP contribution < -0.4 is 9.80 Å². The zero-order valence-corrected chi connectivity index (χ0v) is 40.0. The summed E-state index contributed by atoms with van der Waals surface area (Å²) in [6.07, 6.45) is 0. The van der Waals surface area contributed by atoms with Crippen molar-refractivity contribution in [3.8, 4) is 22.9 Å². The highest BCUT2D eigenvalue weighted by Crippen LogP contribution is 2.47. The van der Waals surface area contributed by atoms with Crippen molar-refractivity contribution in [3.05, 3.63) is 231 Å². The van der Waals surface area contributed by atoms with Gasteiger partial charge in [0.15, 0.2) is 11.2 Å². The molecule has 0 spiro atoms. The SMILES string of the molecule is c1ccc2cc(N(c3ccc(-c4nc5ccccc5o4)cc3)c3ccc4c(c3)sc3cc5c(cc34)sc3cc(N(c4ccc(-c6nc7ccccc7o6)cc4)c4ccc6ccccc6c4)ccc35)ccc2c1. The zero-order valence-electron chi connectivity index (χ0n) is 38.4. The summed E-state index contributed by atoms with van der Waals surface area (Å²) in [5, 5.41) is 9.87. The van der Waals surface area contributed by atoms with E-state index in [2.05, 4.69) is 192 Å². The summed E-state index contributed by atoms with van der Waals surface area (Å²) in [4.78, 5) is 14.2. The standard InChI is InChI=1S/C64H38N4O2S2/c1-3-11-43-33-47(27-17-39(43)9-1)67(45-23-19-41(20-24-45)63-65-55-13-5-7-15-57(55)69-63)49-29-31-51-53-37-62-54(38-61(53)71-59(51)35-49)52-32-30-50(36-60(52)72-62)68(48-28-18-40-10-2-4-12-44(40)34-48)46-25-21-42(22-26-46)64-66-56-14-6-8-16-58(56)70-64/h1-38H. The first-order valence-electron chi connectivity index (χ1n) is 23.9. The van der Waals surface area contributed by atoms with Crippen LogP contribution in [0.25, 0.3) is 107 Å². The van der Waals surface area contributed by atoms with Crippen LogP contribution in [0.1, 0.15) is 0 Å². The molecule has 0 unspecified atom stereocenters. The van der Waals surface area contributed by atoms with Crippen LogP contribution in [0.4, 0.5) is 34.1 Å². The lowest BCUT2D eigenvalue weighted by Gasteiger charge is -2.26. The van der Waals surface area contributed by atoms with Gasteiger partial charge >= 0.3 is 0 Å². The van der Waals surface area contributed by atoms with Gasteiger partial charge in [0.2, 0.25) is 11.8 Å². The van der Waals surface area contributed by atoms with Gasteiger partial charge in [-0.2, -0.15) is 0 Å². The normalized spacial score (nSPS) is 11.9. The molecule has 0 aliphatic heterocycles. The van der Waals surface area contributed by atoms with Gasteiger partial charge in [0.05, 0.1) is 0 Å². The highest BCUT2D eigenvalue weighted by Gasteiger charge is 2.20. The number of fused-ring (bicyclic) bond motifs is 10. The highest BCUT2D eigenvalue weighted by molar-refractivity contribution is 7.27. The second-order valence-corrected chi connectivity index (χ2v) is 20.4. The minimum absolute atomic E-state index is 0.614. The van der Waals surface area contributed by atoms with Crippen molar-refractivity contribution < 1.29 is 8.83 Å². The number of nitrogens with zero attached hydrogens (tertiary/aromatic N) is 4. The Morgan fingerprint density at radius 1 is 0.292 bits per heavy atom. The Morgan fingerprint density at radius 2 is 0.653 bits per heavy atom. The maximum Gasteiger partial charge on any atom is 0.227 e. The van der Waals surface area contributed by atoms with E-state index in [0.29, 0.717) is 11.8 Å².